The first kappa shape index (κ1) is 12.9. The van der Waals surface area contributed by atoms with Gasteiger partial charge < -0.3 is 9.73 Å². The van der Waals surface area contributed by atoms with Crippen LogP contribution in [0.4, 0.5) is 5.82 Å². The van der Waals surface area contributed by atoms with Crippen molar-refractivity contribution in [2.24, 2.45) is 0 Å². The van der Waals surface area contributed by atoms with Gasteiger partial charge in [-0.1, -0.05) is 30.3 Å². The largest absolute Gasteiger partial charge is 0.465 e. The maximum absolute atomic E-state index is 11.8. The van der Waals surface area contributed by atoms with Crippen LogP contribution in [0.1, 0.15) is 5.76 Å². The van der Waals surface area contributed by atoms with Gasteiger partial charge in [-0.05, 0) is 28.5 Å². The van der Waals surface area contributed by atoms with Crippen LogP contribution in [0.3, 0.4) is 0 Å². The molecule has 6 heteroatoms. The minimum absolute atomic E-state index is 0.273. The van der Waals surface area contributed by atoms with Crippen LogP contribution in [0.5, 0.6) is 0 Å². The maximum atomic E-state index is 11.8. The number of carbonyl (C=O) groups excluding carboxylic acids is 1. The van der Waals surface area contributed by atoms with Crippen LogP contribution in [0.15, 0.2) is 63.8 Å². The molecule has 2 heterocycles. The van der Waals surface area contributed by atoms with E-state index >= 15 is 0 Å². The molecule has 0 fully saturated rings. The average molecular weight is 281 g/mol. The second-order valence-electron chi connectivity index (χ2n) is 4.17. The van der Waals surface area contributed by atoms with Crippen molar-refractivity contribution in [3.8, 4) is 11.3 Å². The average Bonchev–Trinajstić information content (AvgIpc) is 3.17. The van der Waals surface area contributed by atoms with Crippen molar-refractivity contribution in [3.05, 3.63) is 60.6 Å². The van der Waals surface area contributed by atoms with Gasteiger partial charge in [0.1, 0.15) is 5.76 Å². The number of carbonyl (C=O) groups is 1. The first-order chi connectivity index (χ1) is 10.3. The minimum atomic E-state index is -0.348. The van der Waals surface area contributed by atoms with Crippen molar-refractivity contribution in [1.29, 1.82) is 0 Å². The lowest BCUT2D eigenvalue weighted by molar-refractivity contribution is -0.111. The summed E-state index contributed by atoms with van der Waals surface area (Å²) in [5.74, 6) is 0.515. The van der Waals surface area contributed by atoms with Crippen molar-refractivity contribution in [2.45, 2.75) is 0 Å². The van der Waals surface area contributed by atoms with Crippen molar-refractivity contribution >= 4 is 17.8 Å². The number of benzene rings is 1. The summed E-state index contributed by atoms with van der Waals surface area (Å²) < 4.78 is 9.79. The molecule has 1 aromatic carbocycles. The van der Waals surface area contributed by atoms with Crippen LogP contribution in [-0.2, 0) is 4.79 Å². The van der Waals surface area contributed by atoms with Gasteiger partial charge in [0, 0.05) is 11.6 Å². The molecule has 0 unspecified atom stereocenters. The molecule has 0 aliphatic carbocycles. The number of anilines is 1. The summed E-state index contributed by atoms with van der Waals surface area (Å²) in [6, 6.07) is 12.8. The number of amides is 1. The highest BCUT2D eigenvalue weighted by Gasteiger charge is 2.13. The number of furan rings is 1. The van der Waals surface area contributed by atoms with Gasteiger partial charge >= 0.3 is 0 Å². The van der Waals surface area contributed by atoms with E-state index in [-0.39, 0.29) is 11.7 Å². The summed E-state index contributed by atoms with van der Waals surface area (Å²) in [5.41, 5.74) is 1.29. The van der Waals surface area contributed by atoms with E-state index in [4.69, 9.17) is 9.05 Å². The third kappa shape index (κ3) is 3.06. The van der Waals surface area contributed by atoms with Gasteiger partial charge in [0.05, 0.1) is 6.26 Å². The van der Waals surface area contributed by atoms with Gasteiger partial charge in [0.2, 0.25) is 11.7 Å². The molecule has 0 aliphatic rings. The summed E-state index contributed by atoms with van der Waals surface area (Å²) in [6.45, 7) is 0. The number of aromatic nitrogens is 2. The highest BCUT2D eigenvalue weighted by atomic mass is 16.6. The molecule has 0 bridgehead atoms. The summed E-state index contributed by atoms with van der Waals surface area (Å²) in [4.78, 5) is 11.8. The number of rotatable bonds is 4. The number of nitrogens with zero attached hydrogens (tertiary/aromatic N) is 2. The smallest absolute Gasteiger partial charge is 0.249 e. The van der Waals surface area contributed by atoms with Crippen LogP contribution in [0.25, 0.3) is 17.3 Å². The Hall–Kier alpha value is -3.15. The van der Waals surface area contributed by atoms with E-state index in [9.17, 15) is 4.79 Å². The number of nitrogens with one attached hydrogen (secondary N) is 1. The fourth-order valence-corrected chi connectivity index (χ4v) is 1.76. The normalized spacial score (nSPS) is 10.9. The van der Waals surface area contributed by atoms with Crippen LogP contribution in [0, 0.1) is 0 Å². The third-order valence-corrected chi connectivity index (χ3v) is 2.72. The quantitative estimate of drug-likeness (QED) is 0.743. The predicted molar refractivity (Wildman–Crippen MR) is 76.1 cm³/mol. The summed E-state index contributed by atoms with van der Waals surface area (Å²) in [6.07, 6.45) is 4.44. The molecule has 6 nitrogen and oxygen atoms in total. The predicted octanol–water partition coefficient (Wildman–Crippen LogP) is 2.98. The zero-order valence-corrected chi connectivity index (χ0v) is 10.9. The highest BCUT2D eigenvalue weighted by molar-refractivity contribution is 6.02. The first-order valence-corrected chi connectivity index (χ1v) is 6.23. The lowest BCUT2D eigenvalue weighted by Crippen LogP contribution is -2.08. The molecule has 0 atom stereocenters. The molecule has 0 spiro atoms. The molecule has 2 aromatic heterocycles. The van der Waals surface area contributed by atoms with Crippen LogP contribution < -0.4 is 5.32 Å². The Morgan fingerprint density at radius 2 is 1.95 bits per heavy atom. The molecule has 104 valence electrons. The summed E-state index contributed by atoms with van der Waals surface area (Å²) in [5, 5.41) is 10.1. The Morgan fingerprint density at radius 1 is 1.10 bits per heavy atom. The number of hydrogen-bond donors (Lipinski definition) is 1. The third-order valence-electron chi connectivity index (χ3n) is 2.72. The van der Waals surface area contributed by atoms with E-state index in [0.717, 1.165) is 5.56 Å². The SMILES string of the molecule is O=C(/C=C/c1ccco1)Nc1nonc1-c1ccccc1. The molecule has 0 radical (unpaired) electrons. The first-order valence-electron chi connectivity index (χ1n) is 6.23. The zero-order valence-electron chi connectivity index (χ0n) is 10.9. The van der Waals surface area contributed by atoms with Crippen LogP contribution in [0.2, 0.25) is 0 Å². The Bertz CT molecular complexity index is 746. The van der Waals surface area contributed by atoms with E-state index in [1.165, 1.54) is 12.3 Å². The van der Waals surface area contributed by atoms with Crippen molar-refractivity contribution in [1.82, 2.24) is 10.3 Å². The second-order valence-corrected chi connectivity index (χ2v) is 4.17. The standard InChI is InChI=1S/C15H11N3O3/c19-13(9-8-12-7-4-10-20-12)16-15-14(17-21-18-15)11-5-2-1-3-6-11/h1-10H,(H,16,18,19)/b9-8+. The van der Waals surface area contributed by atoms with Crippen molar-refractivity contribution < 1.29 is 13.8 Å². The van der Waals surface area contributed by atoms with E-state index in [1.54, 1.807) is 18.2 Å². The number of hydrogen-bond acceptors (Lipinski definition) is 5. The monoisotopic (exact) mass is 281 g/mol. The van der Waals surface area contributed by atoms with E-state index in [2.05, 4.69) is 15.6 Å². The highest BCUT2D eigenvalue weighted by Crippen LogP contribution is 2.23. The van der Waals surface area contributed by atoms with Gasteiger partial charge in [-0.3, -0.25) is 4.79 Å². The molecule has 3 aromatic rings. The van der Waals surface area contributed by atoms with Crippen LogP contribution >= 0.6 is 0 Å². The fourth-order valence-electron chi connectivity index (χ4n) is 1.76. The lowest BCUT2D eigenvalue weighted by atomic mass is 10.1. The molecule has 1 N–H and O–H groups in total. The van der Waals surface area contributed by atoms with Gasteiger partial charge in [0.15, 0.2) is 5.69 Å². The summed E-state index contributed by atoms with van der Waals surface area (Å²) >= 11 is 0. The molecule has 0 saturated carbocycles. The zero-order chi connectivity index (χ0) is 14.5. The Balaban J connectivity index is 1.74. The molecule has 21 heavy (non-hydrogen) atoms. The lowest BCUT2D eigenvalue weighted by Gasteiger charge is -1.99. The van der Waals surface area contributed by atoms with Gasteiger partial charge in [-0.25, -0.2) is 4.63 Å². The van der Waals surface area contributed by atoms with E-state index < -0.39 is 0 Å². The van der Waals surface area contributed by atoms with Crippen molar-refractivity contribution in [3.63, 3.8) is 0 Å². The molecular formula is C15H11N3O3. The molecule has 0 aliphatic heterocycles. The molecule has 0 saturated heterocycles. The van der Waals surface area contributed by atoms with Gasteiger partial charge in [0.25, 0.3) is 0 Å². The van der Waals surface area contributed by atoms with Gasteiger partial charge in [-0.15, -0.1) is 0 Å². The maximum Gasteiger partial charge on any atom is 0.249 e. The van der Waals surface area contributed by atoms with E-state index in [1.807, 2.05) is 30.3 Å². The Labute approximate surface area is 120 Å². The molecule has 3 rings (SSSR count). The second kappa shape index (κ2) is 5.87. The summed E-state index contributed by atoms with van der Waals surface area (Å²) in [7, 11) is 0. The molecule has 1 amide bonds. The molecular weight excluding hydrogens is 270 g/mol. The van der Waals surface area contributed by atoms with Crippen molar-refractivity contribution in [2.75, 3.05) is 5.32 Å². The van der Waals surface area contributed by atoms with Crippen LogP contribution in [-0.4, -0.2) is 16.2 Å². The fraction of sp³-hybridized carbons (Fsp3) is 0. The van der Waals surface area contributed by atoms with E-state index in [0.29, 0.717) is 11.5 Å². The topological polar surface area (TPSA) is 81.2 Å². The van der Waals surface area contributed by atoms with Gasteiger partial charge in [-0.2, -0.15) is 0 Å². The Morgan fingerprint density at radius 3 is 2.71 bits per heavy atom. The minimum Gasteiger partial charge on any atom is -0.465 e. The Kier molecular flexibility index (Phi) is 3.60.